The van der Waals surface area contributed by atoms with Crippen molar-refractivity contribution in [2.45, 2.75) is 13.8 Å². The molecule has 2 aromatic carbocycles. The Hall–Kier alpha value is -3.00. The molecule has 0 saturated carbocycles. The molecule has 2 aromatic rings. The third-order valence-electron chi connectivity index (χ3n) is 4.38. The lowest BCUT2D eigenvalue weighted by Gasteiger charge is -2.18. The van der Waals surface area contributed by atoms with Crippen molar-refractivity contribution in [2.75, 3.05) is 42.8 Å². The molecule has 0 atom stereocenters. The molecule has 3 amide bonds. The van der Waals surface area contributed by atoms with E-state index in [9.17, 15) is 14.4 Å². The Bertz CT molecular complexity index is 880. The molecule has 0 aromatic heterocycles. The molecule has 2 N–H and O–H groups in total. The Balaban J connectivity index is 1.73. The SMILES string of the molecule is COc1ccc(NC(=O)CSCC(=O)N(C)CC(=O)Nc2c(C)cccc2C)cc1. The third kappa shape index (κ3) is 7.11. The van der Waals surface area contributed by atoms with Gasteiger partial charge in [0.05, 0.1) is 25.2 Å². The number of carbonyl (C=O) groups excluding carboxylic acids is 3. The second-order valence-corrected chi connectivity index (χ2v) is 7.82. The standard InChI is InChI=1S/C22H27N3O4S/c1-15-6-5-7-16(2)22(15)24-19(26)12-25(3)21(28)14-30-13-20(27)23-17-8-10-18(29-4)11-9-17/h5-11H,12-14H2,1-4H3,(H,23,27)(H,24,26). The van der Waals surface area contributed by atoms with Crippen LogP contribution in [0.1, 0.15) is 11.1 Å². The van der Waals surface area contributed by atoms with Crippen molar-refractivity contribution in [3.05, 3.63) is 53.6 Å². The van der Waals surface area contributed by atoms with Crippen molar-refractivity contribution in [2.24, 2.45) is 0 Å². The first-order valence-electron chi connectivity index (χ1n) is 9.42. The van der Waals surface area contributed by atoms with Crippen LogP contribution in [0.5, 0.6) is 5.75 Å². The number of hydrogen-bond acceptors (Lipinski definition) is 5. The van der Waals surface area contributed by atoms with Crippen LogP contribution in [0.4, 0.5) is 11.4 Å². The fourth-order valence-corrected chi connectivity index (χ4v) is 3.46. The molecular formula is C22H27N3O4S. The first-order valence-corrected chi connectivity index (χ1v) is 10.6. The maximum atomic E-state index is 12.3. The van der Waals surface area contributed by atoms with Crippen LogP contribution in [0.3, 0.4) is 0 Å². The highest BCUT2D eigenvalue weighted by Crippen LogP contribution is 2.19. The Morgan fingerprint density at radius 1 is 0.933 bits per heavy atom. The lowest BCUT2D eigenvalue weighted by Crippen LogP contribution is -2.36. The largest absolute Gasteiger partial charge is 0.497 e. The van der Waals surface area contributed by atoms with Gasteiger partial charge in [0.15, 0.2) is 0 Å². The van der Waals surface area contributed by atoms with E-state index >= 15 is 0 Å². The number of hydrogen-bond donors (Lipinski definition) is 2. The van der Waals surface area contributed by atoms with Gasteiger partial charge in [-0.1, -0.05) is 18.2 Å². The van der Waals surface area contributed by atoms with E-state index in [-0.39, 0.29) is 35.8 Å². The van der Waals surface area contributed by atoms with E-state index in [0.717, 1.165) is 16.8 Å². The lowest BCUT2D eigenvalue weighted by molar-refractivity contribution is -0.131. The zero-order valence-electron chi connectivity index (χ0n) is 17.7. The van der Waals surface area contributed by atoms with Gasteiger partial charge in [0.1, 0.15) is 5.75 Å². The normalized spacial score (nSPS) is 10.3. The monoisotopic (exact) mass is 429 g/mol. The fraction of sp³-hybridized carbons (Fsp3) is 0.318. The quantitative estimate of drug-likeness (QED) is 0.640. The van der Waals surface area contributed by atoms with Crippen LogP contribution in [0.25, 0.3) is 0 Å². The minimum atomic E-state index is -0.259. The summed E-state index contributed by atoms with van der Waals surface area (Å²) in [6.45, 7) is 3.79. The minimum absolute atomic E-state index is 0.0504. The van der Waals surface area contributed by atoms with Gasteiger partial charge >= 0.3 is 0 Å². The average Bonchev–Trinajstić information content (AvgIpc) is 2.71. The number of aryl methyl sites for hydroxylation is 2. The molecule has 0 aliphatic rings. The summed E-state index contributed by atoms with van der Waals surface area (Å²) in [7, 11) is 3.15. The smallest absolute Gasteiger partial charge is 0.243 e. The van der Waals surface area contributed by atoms with Crippen molar-refractivity contribution in [3.63, 3.8) is 0 Å². The van der Waals surface area contributed by atoms with Crippen LogP contribution >= 0.6 is 11.8 Å². The molecule has 0 aliphatic carbocycles. The fourth-order valence-electron chi connectivity index (χ4n) is 2.71. The molecule has 0 spiro atoms. The van der Waals surface area contributed by atoms with Crippen LogP contribution in [0.2, 0.25) is 0 Å². The molecule has 2 rings (SSSR count). The predicted octanol–water partition coefficient (Wildman–Crippen LogP) is 3.08. The molecule has 7 nitrogen and oxygen atoms in total. The number of likely N-dealkylation sites (N-methyl/N-ethyl adjacent to an activating group) is 1. The van der Waals surface area contributed by atoms with E-state index in [1.54, 1.807) is 38.4 Å². The number of nitrogens with zero attached hydrogens (tertiary/aromatic N) is 1. The van der Waals surface area contributed by atoms with Crippen LogP contribution in [0, 0.1) is 13.8 Å². The number of benzene rings is 2. The summed E-state index contributed by atoms with van der Waals surface area (Å²) < 4.78 is 5.07. The van der Waals surface area contributed by atoms with Crippen molar-refractivity contribution in [1.29, 1.82) is 0 Å². The van der Waals surface area contributed by atoms with Crippen LogP contribution in [-0.4, -0.2) is 54.8 Å². The van der Waals surface area contributed by atoms with Gasteiger partial charge in [0.2, 0.25) is 17.7 Å². The Morgan fingerprint density at radius 2 is 1.57 bits per heavy atom. The maximum absolute atomic E-state index is 12.3. The Labute approximate surface area is 181 Å². The van der Waals surface area contributed by atoms with Gasteiger partial charge in [0, 0.05) is 18.4 Å². The average molecular weight is 430 g/mol. The highest BCUT2D eigenvalue weighted by molar-refractivity contribution is 8.00. The summed E-state index contributed by atoms with van der Waals surface area (Å²) in [6.07, 6.45) is 0. The van der Waals surface area contributed by atoms with Gasteiger partial charge in [-0.3, -0.25) is 14.4 Å². The summed E-state index contributed by atoms with van der Waals surface area (Å²) in [5, 5.41) is 5.62. The van der Waals surface area contributed by atoms with E-state index in [1.165, 1.54) is 16.7 Å². The summed E-state index contributed by atoms with van der Waals surface area (Å²) in [6, 6.07) is 12.8. The molecular weight excluding hydrogens is 402 g/mol. The van der Waals surface area contributed by atoms with Gasteiger partial charge in [0.25, 0.3) is 0 Å². The Morgan fingerprint density at radius 3 is 2.17 bits per heavy atom. The number of anilines is 2. The number of methoxy groups -OCH3 is 1. The first kappa shape index (κ1) is 23.3. The molecule has 0 bridgehead atoms. The van der Waals surface area contributed by atoms with Gasteiger partial charge in [-0.25, -0.2) is 0 Å². The summed E-state index contributed by atoms with van der Waals surface area (Å²) >= 11 is 1.20. The minimum Gasteiger partial charge on any atom is -0.497 e. The summed E-state index contributed by atoms with van der Waals surface area (Å²) in [5.74, 6) is 0.286. The number of thioether (sulfide) groups is 1. The van der Waals surface area contributed by atoms with E-state index < -0.39 is 0 Å². The molecule has 0 aliphatic heterocycles. The van der Waals surface area contributed by atoms with Crippen LogP contribution < -0.4 is 15.4 Å². The predicted molar refractivity (Wildman–Crippen MR) is 121 cm³/mol. The van der Waals surface area contributed by atoms with Crippen molar-refractivity contribution >= 4 is 40.9 Å². The maximum Gasteiger partial charge on any atom is 0.243 e. The number of carbonyl (C=O) groups is 3. The zero-order chi connectivity index (χ0) is 22.1. The molecule has 0 heterocycles. The topological polar surface area (TPSA) is 87.7 Å². The first-order chi connectivity index (χ1) is 14.3. The van der Waals surface area contributed by atoms with Gasteiger partial charge in [-0.05, 0) is 49.2 Å². The molecule has 160 valence electrons. The van der Waals surface area contributed by atoms with Gasteiger partial charge in [-0.15, -0.1) is 11.8 Å². The van der Waals surface area contributed by atoms with E-state index in [0.29, 0.717) is 11.4 Å². The highest BCUT2D eigenvalue weighted by atomic mass is 32.2. The van der Waals surface area contributed by atoms with E-state index in [4.69, 9.17) is 4.74 Å². The number of nitrogens with one attached hydrogen (secondary N) is 2. The van der Waals surface area contributed by atoms with Crippen LogP contribution in [-0.2, 0) is 14.4 Å². The van der Waals surface area contributed by atoms with Crippen LogP contribution in [0.15, 0.2) is 42.5 Å². The van der Waals surface area contributed by atoms with Crippen molar-refractivity contribution in [1.82, 2.24) is 4.90 Å². The number of amides is 3. The number of ether oxygens (including phenoxy) is 1. The van der Waals surface area contributed by atoms with Gasteiger partial charge < -0.3 is 20.3 Å². The lowest BCUT2D eigenvalue weighted by atomic mass is 10.1. The van der Waals surface area contributed by atoms with Crippen molar-refractivity contribution < 1.29 is 19.1 Å². The van der Waals surface area contributed by atoms with Gasteiger partial charge in [-0.2, -0.15) is 0 Å². The third-order valence-corrected chi connectivity index (χ3v) is 5.30. The molecule has 0 unspecified atom stereocenters. The van der Waals surface area contributed by atoms with Crippen molar-refractivity contribution in [3.8, 4) is 5.75 Å². The molecule has 30 heavy (non-hydrogen) atoms. The number of rotatable bonds is 9. The number of para-hydroxylation sites is 1. The second kappa shape index (κ2) is 11.3. The highest BCUT2D eigenvalue weighted by Gasteiger charge is 2.15. The second-order valence-electron chi connectivity index (χ2n) is 6.83. The zero-order valence-corrected chi connectivity index (χ0v) is 18.5. The molecule has 0 saturated heterocycles. The summed E-state index contributed by atoms with van der Waals surface area (Å²) in [5.41, 5.74) is 3.37. The molecule has 0 radical (unpaired) electrons. The van der Waals surface area contributed by atoms with E-state index in [2.05, 4.69) is 10.6 Å². The Kier molecular flexibility index (Phi) is 8.73. The summed E-state index contributed by atoms with van der Waals surface area (Å²) in [4.78, 5) is 37.9. The molecule has 0 fully saturated rings. The molecule has 8 heteroatoms. The van der Waals surface area contributed by atoms with E-state index in [1.807, 2.05) is 32.0 Å².